The Bertz CT molecular complexity index is 311. The van der Waals surface area contributed by atoms with Crippen LogP contribution in [0.1, 0.15) is 19.8 Å². The topological polar surface area (TPSA) is 116 Å². The van der Waals surface area contributed by atoms with Crippen molar-refractivity contribution >= 4 is 29.7 Å². The largest absolute Gasteiger partial charge is 0.481 e. The van der Waals surface area contributed by atoms with Gasteiger partial charge in [0.05, 0.1) is 0 Å². The fourth-order valence-electron chi connectivity index (χ4n) is 1.05. The van der Waals surface area contributed by atoms with Crippen molar-refractivity contribution in [3.05, 3.63) is 0 Å². The fraction of sp³-hybridized carbons (Fsp3) is 0.700. The summed E-state index contributed by atoms with van der Waals surface area (Å²) in [5, 5.41) is 22.3. The molecule has 0 rings (SSSR count). The molecule has 0 aliphatic carbocycles. The molecule has 0 fully saturated rings. The lowest BCUT2D eigenvalue weighted by Crippen LogP contribution is -2.47. The SMILES string of the molecule is CSC(C)CNC(=O)NC(CCC(=O)O)C(=O)O. The maximum absolute atomic E-state index is 11.4. The zero-order valence-electron chi connectivity index (χ0n) is 10.3. The molecule has 0 radical (unpaired) electrons. The van der Waals surface area contributed by atoms with Gasteiger partial charge in [-0.05, 0) is 12.7 Å². The molecule has 2 atom stereocenters. The molecule has 0 spiro atoms. The highest BCUT2D eigenvalue weighted by Crippen LogP contribution is 2.02. The van der Waals surface area contributed by atoms with E-state index in [4.69, 9.17) is 10.2 Å². The van der Waals surface area contributed by atoms with Gasteiger partial charge >= 0.3 is 18.0 Å². The predicted octanol–water partition coefficient (Wildman–Crippen LogP) is 0.355. The number of carboxylic acids is 2. The molecule has 7 nitrogen and oxygen atoms in total. The molecule has 0 saturated heterocycles. The molecule has 0 aromatic heterocycles. The standard InChI is InChI=1S/C10H18N2O5S/c1-6(18-2)5-11-10(17)12-7(9(15)16)3-4-8(13)14/h6-7H,3-5H2,1-2H3,(H,13,14)(H,15,16)(H2,11,12,17). The van der Waals surface area contributed by atoms with Crippen LogP contribution >= 0.6 is 11.8 Å². The Morgan fingerprint density at radius 2 is 1.89 bits per heavy atom. The van der Waals surface area contributed by atoms with E-state index in [0.29, 0.717) is 6.54 Å². The van der Waals surface area contributed by atoms with Crippen LogP contribution in [-0.2, 0) is 9.59 Å². The van der Waals surface area contributed by atoms with Crippen LogP contribution in [0.3, 0.4) is 0 Å². The van der Waals surface area contributed by atoms with Crippen LogP contribution in [0.15, 0.2) is 0 Å². The second-order valence-electron chi connectivity index (χ2n) is 3.72. The molecule has 8 heteroatoms. The van der Waals surface area contributed by atoms with Gasteiger partial charge in [0.25, 0.3) is 0 Å². The van der Waals surface area contributed by atoms with E-state index in [9.17, 15) is 14.4 Å². The first-order valence-corrected chi connectivity index (χ1v) is 6.67. The number of aliphatic carboxylic acids is 2. The van der Waals surface area contributed by atoms with E-state index in [-0.39, 0.29) is 18.1 Å². The van der Waals surface area contributed by atoms with Gasteiger partial charge in [-0.15, -0.1) is 0 Å². The van der Waals surface area contributed by atoms with Gasteiger partial charge in [0.15, 0.2) is 0 Å². The number of carboxylic acid groups (broad SMARTS) is 2. The summed E-state index contributed by atoms with van der Waals surface area (Å²) < 4.78 is 0. The van der Waals surface area contributed by atoms with Crippen molar-refractivity contribution in [2.75, 3.05) is 12.8 Å². The molecule has 2 unspecified atom stereocenters. The van der Waals surface area contributed by atoms with Gasteiger partial charge in [-0.2, -0.15) is 11.8 Å². The van der Waals surface area contributed by atoms with Crippen molar-refractivity contribution in [1.29, 1.82) is 0 Å². The highest BCUT2D eigenvalue weighted by molar-refractivity contribution is 7.99. The zero-order chi connectivity index (χ0) is 14.1. The van der Waals surface area contributed by atoms with Crippen molar-refractivity contribution < 1.29 is 24.6 Å². The van der Waals surface area contributed by atoms with Crippen molar-refractivity contribution in [2.45, 2.75) is 31.1 Å². The number of amides is 2. The lowest BCUT2D eigenvalue weighted by atomic mass is 10.1. The summed E-state index contributed by atoms with van der Waals surface area (Å²) in [5.41, 5.74) is 0. The van der Waals surface area contributed by atoms with Gasteiger partial charge < -0.3 is 20.8 Å². The van der Waals surface area contributed by atoms with Crippen molar-refractivity contribution in [3.63, 3.8) is 0 Å². The summed E-state index contributed by atoms with van der Waals surface area (Å²) >= 11 is 1.57. The third-order valence-corrected chi connectivity index (χ3v) is 3.17. The number of thioether (sulfide) groups is 1. The highest BCUT2D eigenvalue weighted by Gasteiger charge is 2.20. The molecule has 0 saturated carbocycles. The van der Waals surface area contributed by atoms with E-state index < -0.39 is 24.0 Å². The number of hydrogen-bond donors (Lipinski definition) is 4. The molecule has 0 aromatic rings. The zero-order valence-corrected chi connectivity index (χ0v) is 11.1. The maximum Gasteiger partial charge on any atom is 0.326 e. The van der Waals surface area contributed by atoms with E-state index >= 15 is 0 Å². The Hall–Kier alpha value is -1.44. The Balaban J connectivity index is 4.11. The van der Waals surface area contributed by atoms with Crippen LogP contribution in [0.2, 0.25) is 0 Å². The van der Waals surface area contributed by atoms with Crippen LogP contribution < -0.4 is 10.6 Å². The van der Waals surface area contributed by atoms with Gasteiger partial charge in [0, 0.05) is 18.2 Å². The Labute approximate surface area is 109 Å². The minimum Gasteiger partial charge on any atom is -0.481 e. The molecule has 18 heavy (non-hydrogen) atoms. The van der Waals surface area contributed by atoms with Gasteiger partial charge in [0.1, 0.15) is 6.04 Å². The molecule has 0 aliphatic heterocycles. The minimum absolute atomic E-state index is 0.143. The number of rotatable bonds is 8. The average Bonchev–Trinajstić information content (AvgIpc) is 2.30. The number of carbonyl (C=O) groups is 3. The van der Waals surface area contributed by atoms with Crippen molar-refractivity contribution in [3.8, 4) is 0 Å². The molecule has 0 aliphatic rings. The Kier molecular flexibility index (Phi) is 7.93. The van der Waals surface area contributed by atoms with Gasteiger partial charge in [0.2, 0.25) is 0 Å². The molecule has 0 heterocycles. The van der Waals surface area contributed by atoms with E-state index in [0.717, 1.165) is 0 Å². The van der Waals surface area contributed by atoms with Crippen LogP contribution in [-0.4, -0.2) is 52.3 Å². The second-order valence-corrected chi connectivity index (χ2v) is 5.00. The Morgan fingerprint density at radius 3 is 2.33 bits per heavy atom. The normalized spacial score (nSPS) is 13.4. The molecule has 104 valence electrons. The van der Waals surface area contributed by atoms with E-state index in [1.54, 1.807) is 11.8 Å². The number of urea groups is 1. The molecular formula is C10H18N2O5S. The first kappa shape index (κ1) is 16.6. The van der Waals surface area contributed by atoms with Crippen LogP contribution in [0, 0.1) is 0 Å². The number of nitrogens with one attached hydrogen (secondary N) is 2. The summed E-state index contributed by atoms with van der Waals surface area (Å²) in [7, 11) is 0. The molecule has 2 amide bonds. The highest BCUT2D eigenvalue weighted by atomic mass is 32.2. The third-order valence-electron chi connectivity index (χ3n) is 2.20. The van der Waals surface area contributed by atoms with Gasteiger partial charge in [-0.3, -0.25) is 4.79 Å². The third kappa shape index (κ3) is 7.77. The van der Waals surface area contributed by atoms with Gasteiger partial charge in [-0.1, -0.05) is 6.92 Å². The van der Waals surface area contributed by atoms with Gasteiger partial charge in [-0.25, -0.2) is 9.59 Å². The van der Waals surface area contributed by atoms with E-state index in [2.05, 4.69) is 10.6 Å². The molecule has 4 N–H and O–H groups in total. The minimum atomic E-state index is -1.25. The van der Waals surface area contributed by atoms with Crippen molar-refractivity contribution in [1.82, 2.24) is 10.6 Å². The Morgan fingerprint density at radius 1 is 1.28 bits per heavy atom. The molecule has 0 bridgehead atoms. The van der Waals surface area contributed by atoms with Crippen molar-refractivity contribution in [2.24, 2.45) is 0 Å². The summed E-state index contributed by atoms with van der Waals surface area (Å²) in [4.78, 5) is 32.5. The first-order chi connectivity index (χ1) is 8.36. The summed E-state index contributed by atoms with van der Waals surface area (Å²) in [6, 6.07) is -1.79. The monoisotopic (exact) mass is 278 g/mol. The van der Waals surface area contributed by atoms with Crippen LogP contribution in [0.25, 0.3) is 0 Å². The number of hydrogen-bond acceptors (Lipinski definition) is 4. The summed E-state index contributed by atoms with van der Waals surface area (Å²) in [6.07, 6.45) is 1.45. The van der Waals surface area contributed by atoms with E-state index in [1.165, 1.54) is 0 Å². The molecule has 0 aromatic carbocycles. The predicted molar refractivity (Wildman–Crippen MR) is 67.8 cm³/mol. The average molecular weight is 278 g/mol. The number of carbonyl (C=O) groups excluding carboxylic acids is 1. The second kappa shape index (κ2) is 8.62. The quantitative estimate of drug-likeness (QED) is 0.509. The lowest BCUT2D eigenvalue weighted by molar-refractivity contribution is -0.140. The smallest absolute Gasteiger partial charge is 0.326 e. The summed E-state index contributed by atoms with van der Waals surface area (Å²) in [6.45, 7) is 2.34. The van der Waals surface area contributed by atoms with E-state index in [1.807, 2.05) is 13.2 Å². The lowest BCUT2D eigenvalue weighted by Gasteiger charge is -2.15. The molecular weight excluding hydrogens is 260 g/mol. The summed E-state index contributed by atoms with van der Waals surface area (Å²) in [5.74, 6) is -2.34. The fourth-order valence-corrected chi connectivity index (χ4v) is 1.30. The van der Waals surface area contributed by atoms with Crippen LogP contribution in [0.5, 0.6) is 0 Å². The van der Waals surface area contributed by atoms with Crippen LogP contribution in [0.4, 0.5) is 4.79 Å². The first-order valence-electron chi connectivity index (χ1n) is 5.38. The maximum atomic E-state index is 11.4.